The van der Waals surface area contributed by atoms with Crippen molar-refractivity contribution in [3.8, 4) is 5.75 Å². The van der Waals surface area contributed by atoms with Crippen LogP contribution in [0.1, 0.15) is 68.3 Å². The van der Waals surface area contributed by atoms with E-state index in [1.54, 1.807) is 0 Å². The topological polar surface area (TPSA) is 195 Å². The summed E-state index contributed by atoms with van der Waals surface area (Å²) < 4.78 is 23.7. The molecular formula is C46H58N4O11. The quantitative estimate of drug-likeness (QED) is 0.0912. The number of benzene rings is 2. The van der Waals surface area contributed by atoms with Crippen molar-refractivity contribution in [3.05, 3.63) is 70.9 Å². The van der Waals surface area contributed by atoms with Crippen molar-refractivity contribution in [2.75, 3.05) is 72.3 Å². The summed E-state index contributed by atoms with van der Waals surface area (Å²) in [6.45, 7) is 4.92. The van der Waals surface area contributed by atoms with E-state index in [0.29, 0.717) is 81.1 Å². The highest BCUT2D eigenvalue weighted by molar-refractivity contribution is 5.95. The number of methoxy groups -OCH3 is 2. The van der Waals surface area contributed by atoms with Gasteiger partial charge in [-0.15, -0.1) is 0 Å². The number of hydrogen-bond acceptors (Lipinski definition) is 14. The molecule has 328 valence electrons. The smallest absolute Gasteiger partial charge is 0.344 e. The number of fused-ring (bicyclic) bond motifs is 6. The molecule has 15 nitrogen and oxygen atoms in total. The summed E-state index contributed by atoms with van der Waals surface area (Å²) >= 11 is 0. The van der Waals surface area contributed by atoms with Crippen molar-refractivity contribution in [2.24, 2.45) is 11.3 Å². The predicted octanol–water partition coefficient (Wildman–Crippen LogP) is 2.28. The maximum atomic E-state index is 15.4. The monoisotopic (exact) mass is 842 g/mol. The maximum Gasteiger partial charge on any atom is 0.344 e. The number of carbonyl (C=O) groups excluding carboxylic acids is 3. The van der Waals surface area contributed by atoms with Gasteiger partial charge in [-0.2, -0.15) is 0 Å². The molecule has 6 heterocycles. The van der Waals surface area contributed by atoms with Crippen molar-refractivity contribution in [1.82, 2.24) is 14.8 Å². The SMILES string of the molecule is CC[C@]12C=CCN3CC[C@@]4(c5cc([C@@]6(C(=O)OCO)C[C@H]7CN(CCc8c6[nH]c6ccccc86)C[C@](O)(CCO)C7)c(OC)cc5N(C)[C@H]4[C@@](O)(C(=O)OC)[C@@H]1OC(C)=O)[C@@H]32. The van der Waals surface area contributed by atoms with Gasteiger partial charge in [-0.05, 0) is 67.8 Å². The van der Waals surface area contributed by atoms with Gasteiger partial charge in [0.25, 0.3) is 0 Å². The number of piperidine rings is 1. The molecule has 0 radical (unpaired) electrons. The second-order valence-corrected chi connectivity index (χ2v) is 18.4. The lowest BCUT2D eigenvalue weighted by molar-refractivity contribution is -0.228. The van der Waals surface area contributed by atoms with E-state index in [-0.39, 0.29) is 31.4 Å². The highest BCUT2D eigenvalue weighted by Gasteiger charge is 2.80. The first-order valence-electron chi connectivity index (χ1n) is 21.5. The van der Waals surface area contributed by atoms with Crippen molar-refractivity contribution < 1.29 is 53.8 Å². The molecule has 10 atom stereocenters. The Morgan fingerprint density at radius 2 is 1.79 bits per heavy atom. The zero-order chi connectivity index (χ0) is 43.3. The fraction of sp³-hybridized carbons (Fsp3) is 0.587. The number of ether oxygens (including phenoxy) is 4. The number of aromatic amines is 1. The fourth-order valence-corrected chi connectivity index (χ4v) is 13.6. The van der Waals surface area contributed by atoms with Crippen molar-refractivity contribution in [3.63, 3.8) is 0 Å². The second-order valence-electron chi connectivity index (χ2n) is 18.4. The van der Waals surface area contributed by atoms with E-state index < -0.39 is 64.3 Å². The van der Waals surface area contributed by atoms with Gasteiger partial charge in [0.2, 0.25) is 5.60 Å². The number of carbonyl (C=O) groups is 3. The van der Waals surface area contributed by atoms with E-state index in [2.05, 4.69) is 14.8 Å². The van der Waals surface area contributed by atoms with Crippen molar-refractivity contribution in [1.29, 1.82) is 0 Å². The van der Waals surface area contributed by atoms with Crippen LogP contribution in [-0.2, 0) is 45.8 Å². The van der Waals surface area contributed by atoms with Crippen LogP contribution >= 0.6 is 0 Å². The minimum absolute atomic E-state index is 0.148. The Morgan fingerprint density at radius 3 is 2.49 bits per heavy atom. The molecular weight excluding hydrogens is 785 g/mol. The Balaban J connectivity index is 1.36. The van der Waals surface area contributed by atoms with Crippen LogP contribution in [0, 0.1) is 11.3 Å². The number of esters is 3. The fourth-order valence-electron chi connectivity index (χ4n) is 13.6. The number of aliphatic hydroxyl groups is 4. The van der Waals surface area contributed by atoms with Gasteiger partial charge >= 0.3 is 17.9 Å². The molecule has 1 aromatic heterocycles. The molecule has 61 heavy (non-hydrogen) atoms. The van der Waals surface area contributed by atoms with Gasteiger partial charge < -0.3 is 49.3 Å². The average molecular weight is 843 g/mol. The number of likely N-dealkylation sites (N-methyl/N-ethyl adjacent to an activating group) is 1. The van der Waals surface area contributed by atoms with E-state index in [0.717, 1.165) is 22.0 Å². The van der Waals surface area contributed by atoms with E-state index in [9.17, 15) is 30.0 Å². The van der Waals surface area contributed by atoms with E-state index in [1.165, 1.54) is 21.1 Å². The molecule has 1 unspecified atom stereocenters. The number of aliphatic hydroxyl groups excluding tert-OH is 2. The van der Waals surface area contributed by atoms with Gasteiger partial charge in [0, 0.05) is 104 Å². The molecule has 3 fully saturated rings. The number of nitrogens with one attached hydrogen (secondary N) is 1. The van der Waals surface area contributed by atoms with E-state index in [4.69, 9.17) is 18.9 Å². The molecule has 6 aliphatic rings. The third-order valence-electron chi connectivity index (χ3n) is 15.5. The lowest BCUT2D eigenvalue weighted by Crippen LogP contribution is -2.81. The van der Waals surface area contributed by atoms with Crippen LogP contribution in [-0.4, -0.2) is 150 Å². The summed E-state index contributed by atoms with van der Waals surface area (Å²) in [4.78, 5) is 53.0. The zero-order valence-corrected chi connectivity index (χ0v) is 35.6. The maximum absolute atomic E-state index is 15.4. The molecule has 0 amide bonds. The van der Waals surface area contributed by atoms with Gasteiger partial charge in [0.1, 0.15) is 11.2 Å². The number of para-hydroxylation sites is 1. The molecule has 15 heteroatoms. The van der Waals surface area contributed by atoms with Crippen LogP contribution in [0.4, 0.5) is 5.69 Å². The number of nitrogens with zero attached hydrogens (tertiary/aromatic N) is 3. The van der Waals surface area contributed by atoms with Crippen LogP contribution in [0.25, 0.3) is 10.9 Å². The Bertz CT molecular complexity index is 2300. The summed E-state index contributed by atoms with van der Waals surface area (Å²) in [5, 5.41) is 46.8. The minimum Gasteiger partial charge on any atom is -0.496 e. The molecule has 1 spiro atoms. The van der Waals surface area contributed by atoms with Crippen LogP contribution in [0.15, 0.2) is 48.6 Å². The van der Waals surface area contributed by atoms with E-state index in [1.807, 2.05) is 67.4 Å². The predicted molar refractivity (Wildman–Crippen MR) is 223 cm³/mol. The molecule has 1 saturated carbocycles. The molecule has 2 bridgehead atoms. The molecule has 9 rings (SSSR count). The first-order chi connectivity index (χ1) is 29.2. The standard InChI is InChI=1S/C46H58N4O11/c1-6-43-13-9-16-50-18-14-44(37(43)50)31-20-32(35(58-4)21-34(31)48(3)38(44)46(57,41(55)59-5)39(43)61-27(2)53)45(40(54)60-26-52)23-28-22-42(56,15-19-51)25-49(24-28)17-12-30-29-10-7-8-11-33(29)47-36(30)45/h7-11,13,20-21,28,37-39,47,51-52,56-57H,6,12,14-19,22-26H2,1-5H3/t28-,37-,38+,39+,42-,43+,44+,45-,46-/m0/s1. The average Bonchev–Trinajstić information content (AvgIpc) is 3.90. The first-order valence-corrected chi connectivity index (χ1v) is 21.5. The number of anilines is 1. The summed E-state index contributed by atoms with van der Waals surface area (Å²) in [5.41, 5.74) is -2.99. The number of aromatic nitrogens is 1. The van der Waals surface area contributed by atoms with Crippen molar-refractivity contribution in [2.45, 2.75) is 92.6 Å². The Hall–Kier alpha value is -4.51. The van der Waals surface area contributed by atoms with Crippen molar-refractivity contribution >= 4 is 34.5 Å². The van der Waals surface area contributed by atoms with Gasteiger partial charge in [-0.25, -0.2) is 4.79 Å². The third-order valence-corrected chi connectivity index (χ3v) is 15.5. The number of hydrogen-bond donors (Lipinski definition) is 5. The lowest BCUT2D eigenvalue weighted by atomic mass is 9.47. The Morgan fingerprint density at radius 1 is 1.00 bits per heavy atom. The van der Waals surface area contributed by atoms with Crippen LogP contribution in [0.5, 0.6) is 5.75 Å². The summed E-state index contributed by atoms with van der Waals surface area (Å²) in [7, 11) is 4.58. The molecule has 2 saturated heterocycles. The van der Waals surface area contributed by atoms with Gasteiger partial charge in [0.05, 0.1) is 25.9 Å². The highest BCUT2D eigenvalue weighted by Crippen LogP contribution is 2.68. The van der Waals surface area contributed by atoms with Crippen LogP contribution in [0.3, 0.4) is 0 Å². The third kappa shape index (κ3) is 5.66. The number of H-pyrrole nitrogens is 1. The summed E-state index contributed by atoms with van der Waals surface area (Å²) in [5.74, 6) is -2.20. The van der Waals surface area contributed by atoms with Gasteiger partial charge in [-0.3, -0.25) is 19.4 Å². The number of rotatable bonds is 9. The highest BCUT2D eigenvalue weighted by atomic mass is 16.6. The first kappa shape index (κ1) is 41.8. The molecule has 3 aromatic rings. The zero-order valence-electron chi connectivity index (χ0n) is 35.6. The Kier molecular flexibility index (Phi) is 10.2. The molecule has 1 aliphatic carbocycles. The molecule has 2 aromatic carbocycles. The van der Waals surface area contributed by atoms with E-state index >= 15 is 4.79 Å². The Labute approximate surface area is 355 Å². The van der Waals surface area contributed by atoms with Crippen LogP contribution in [0.2, 0.25) is 0 Å². The summed E-state index contributed by atoms with van der Waals surface area (Å²) in [6.07, 6.45) is 4.79. The molecule has 5 N–H and O–H groups in total. The lowest BCUT2D eigenvalue weighted by Gasteiger charge is -2.63. The van der Waals surface area contributed by atoms with Gasteiger partial charge in [-0.1, -0.05) is 37.3 Å². The second kappa shape index (κ2) is 14.8. The normalized spacial score (nSPS) is 36.1. The van der Waals surface area contributed by atoms with Gasteiger partial charge in [0.15, 0.2) is 12.9 Å². The minimum atomic E-state index is -2.36. The van der Waals surface area contributed by atoms with Crippen LogP contribution < -0.4 is 9.64 Å². The molecule has 5 aliphatic heterocycles. The summed E-state index contributed by atoms with van der Waals surface area (Å²) in [6, 6.07) is 10.4. The largest absolute Gasteiger partial charge is 0.496 e.